The Balaban J connectivity index is 2.45. The van der Waals surface area contributed by atoms with Gasteiger partial charge in [0.25, 0.3) is 0 Å². The molecule has 2 rings (SSSR count). The van der Waals surface area contributed by atoms with Crippen LogP contribution in [0.4, 0.5) is 0 Å². The molecule has 4 heteroatoms. The van der Waals surface area contributed by atoms with E-state index in [9.17, 15) is 0 Å². The van der Waals surface area contributed by atoms with Crippen LogP contribution in [0, 0.1) is 0 Å². The predicted octanol–water partition coefficient (Wildman–Crippen LogP) is 5.20. The third kappa shape index (κ3) is 4.00. The summed E-state index contributed by atoms with van der Waals surface area (Å²) in [4.78, 5) is 0. The van der Waals surface area contributed by atoms with Gasteiger partial charge in [0.05, 0.1) is 17.7 Å². The van der Waals surface area contributed by atoms with E-state index in [-0.39, 0.29) is 6.04 Å². The van der Waals surface area contributed by atoms with Crippen LogP contribution < -0.4 is 10.1 Å². The molecule has 0 aromatic heterocycles. The van der Waals surface area contributed by atoms with Crippen LogP contribution in [-0.2, 0) is 0 Å². The molecule has 0 radical (unpaired) electrons. The average Bonchev–Trinajstić information content (AvgIpc) is 2.49. The fourth-order valence-electron chi connectivity index (χ4n) is 2.31. The molecule has 2 aromatic rings. The van der Waals surface area contributed by atoms with Crippen LogP contribution in [0.15, 0.2) is 46.9 Å². The minimum Gasteiger partial charge on any atom is -0.494 e. The van der Waals surface area contributed by atoms with Crippen molar-refractivity contribution in [1.82, 2.24) is 5.32 Å². The molecule has 2 aromatic carbocycles. The molecule has 0 fully saturated rings. The summed E-state index contributed by atoms with van der Waals surface area (Å²) in [5, 5.41) is 4.23. The van der Waals surface area contributed by atoms with Crippen molar-refractivity contribution in [2.75, 3.05) is 13.2 Å². The Hall–Kier alpha value is -1.03. The highest BCUT2D eigenvalue weighted by Gasteiger charge is 2.18. The van der Waals surface area contributed by atoms with Gasteiger partial charge in [-0.15, -0.1) is 0 Å². The molecule has 1 N–H and O–H groups in total. The Bertz CT molecular complexity index is 603. The van der Waals surface area contributed by atoms with Crippen LogP contribution >= 0.6 is 27.5 Å². The second-order valence-electron chi connectivity index (χ2n) is 4.64. The van der Waals surface area contributed by atoms with Crippen LogP contribution in [0.2, 0.25) is 5.02 Å². The van der Waals surface area contributed by atoms with Gasteiger partial charge in [0, 0.05) is 10.0 Å². The molecule has 0 aliphatic heterocycles. The van der Waals surface area contributed by atoms with Crippen molar-refractivity contribution in [3.05, 3.63) is 63.1 Å². The van der Waals surface area contributed by atoms with Crippen molar-refractivity contribution in [2.24, 2.45) is 0 Å². The van der Waals surface area contributed by atoms with E-state index in [1.54, 1.807) is 0 Å². The molecule has 0 bridgehead atoms. The molecule has 0 aliphatic carbocycles. The van der Waals surface area contributed by atoms with Crippen LogP contribution in [0.1, 0.15) is 31.0 Å². The molecule has 2 nitrogen and oxygen atoms in total. The topological polar surface area (TPSA) is 21.3 Å². The van der Waals surface area contributed by atoms with Gasteiger partial charge in [-0.05, 0) is 53.2 Å². The van der Waals surface area contributed by atoms with Gasteiger partial charge in [0.2, 0.25) is 0 Å². The Kier molecular flexibility index (Phi) is 6.09. The van der Waals surface area contributed by atoms with E-state index >= 15 is 0 Å². The van der Waals surface area contributed by atoms with Crippen LogP contribution in [-0.4, -0.2) is 13.2 Å². The van der Waals surface area contributed by atoms with E-state index in [1.165, 1.54) is 0 Å². The van der Waals surface area contributed by atoms with E-state index in [1.807, 2.05) is 37.3 Å². The molecule has 0 aliphatic rings. The number of para-hydroxylation sites is 1. The molecule has 0 amide bonds. The second kappa shape index (κ2) is 7.83. The normalized spacial score (nSPS) is 12.2. The number of benzene rings is 2. The molecule has 0 heterocycles. The lowest BCUT2D eigenvalue weighted by molar-refractivity contribution is 0.333. The lowest BCUT2D eigenvalue weighted by Crippen LogP contribution is -2.22. The Labute approximate surface area is 139 Å². The molecule has 1 atom stereocenters. The lowest BCUT2D eigenvalue weighted by Gasteiger charge is -2.22. The van der Waals surface area contributed by atoms with Crippen LogP contribution in [0.3, 0.4) is 0 Å². The molecule has 112 valence electrons. The molecule has 1 unspecified atom stereocenters. The summed E-state index contributed by atoms with van der Waals surface area (Å²) in [5.74, 6) is 0.914. The summed E-state index contributed by atoms with van der Waals surface area (Å²) in [6.45, 7) is 5.62. The zero-order valence-corrected chi connectivity index (χ0v) is 14.5. The van der Waals surface area contributed by atoms with E-state index < -0.39 is 0 Å². The van der Waals surface area contributed by atoms with E-state index in [2.05, 4.69) is 40.3 Å². The first-order valence-corrected chi connectivity index (χ1v) is 8.24. The Morgan fingerprint density at radius 1 is 1.19 bits per heavy atom. The van der Waals surface area contributed by atoms with Crippen molar-refractivity contribution in [3.63, 3.8) is 0 Å². The maximum Gasteiger partial charge on any atom is 0.124 e. The van der Waals surface area contributed by atoms with Gasteiger partial charge in [-0.1, -0.05) is 42.8 Å². The maximum atomic E-state index is 6.10. The van der Waals surface area contributed by atoms with E-state index in [0.717, 1.165) is 27.9 Å². The van der Waals surface area contributed by atoms with Gasteiger partial charge < -0.3 is 10.1 Å². The van der Waals surface area contributed by atoms with Gasteiger partial charge in [-0.3, -0.25) is 0 Å². The predicted molar refractivity (Wildman–Crippen MR) is 92.3 cm³/mol. The molecular formula is C17H19BrClNO. The quantitative estimate of drug-likeness (QED) is 0.756. The summed E-state index contributed by atoms with van der Waals surface area (Å²) in [7, 11) is 0. The summed E-state index contributed by atoms with van der Waals surface area (Å²) in [6, 6.07) is 14.2. The van der Waals surface area contributed by atoms with Gasteiger partial charge in [-0.2, -0.15) is 0 Å². The Morgan fingerprint density at radius 2 is 1.95 bits per heavy atom. The van der Waals surface area contributed by atoms with Gasteiger partial charge in [0.15, 0.2) is 0 Å². The minimum atomic E-state index is 0.0753. The smallest absolute Gasteiger partial charge is 0.124 e. The van der Waals surface area contributed by atoms with E-state index in [0.29, 0.717) is 11.6 Å². The largest absolute Gasteiger partial charge is 0.494 e. The molecule has 0 spiro atoms. The summed E-state index contributed by atoms with van der Waals surface area (Å²) in [5.41, 5.74) is 2.29. The third-order valence-corrected chi connectivity index (χ3v) is 4.43. The minimum absolute atomic E-state index is 0.0753. The molecular weight excluding hydrogens is 350 g/mol. The molecule has 0 saturated heterocycles. The number of rotatable bonds is 6. The van der Waals surface area contributed by atoms with Gasteiger partial charge in [-0.25, -0.2) is 0 Å². The monoisotopic (exact) mass is 367 g/mol. The van der Waals surface area contributed by atoms with Crippen molar-refractivity contribution >= 4 is 27.5 Å². The van der Waals surface area contributed by atoms with Gasteiger partial charge >= 0.3 is 0 Å². The highest BCUT2D eigenvalue weighted by Crippen LogP contribution is 2.33. The average molecular weight is 369 g/mol. The first-order chi connectivity index (χ1) is 10.2. The zero-order valence-electron chi connectivity index (χ0n) is 12.2. The highest BCUT2D eigenvalue weighted by molar-refractivity contribution is 9.10. The fourth-order valence-corrected chi connectivity index (χ4v) is 2.82. The number of hydrogen-bond donors (Lipinski definition) is 1. The maximum absolute atomic E-state index is 6.10. The van der Waals surface area contributed by atoms with Crippen molar-refractivity contribution in [2.45, 2.75) is 19.9 Å². The number of ether oxygens (including phenoxy) is 1. The van der Waals surface area contributed by atoms with Gasteiger partial charge in [0.1, 0.15) is 5.75 Å². The van der Waals surface area contributed by atoms with Crippen LogP contribution in [0.25, 0.3) is 0 Å². The zero-order chi connectivity index (χ0) is 15.2. The Morgan fingerprint density at radius 3 is 2.62 bits per heavy atom. The van der Waals surface area contributed by atoms with Crippen LogP contribution in [0.5, 0.6) is 5.75 Å². The second-order valence-corrected chi connectivity index (χ2v) is 5.90. The van der Waals surface area contributed by atoms with E-state index in [4.69, 9.17) is 16.3 Å². The van der Waals surface area contributed by atoms with Crippen molar-refractivity contribution in [3.8, 4) is 5.75 Å². The fraction of sp³-hybridized carbons (Fsp3) is 0.294. The number of nitrogens with one attached hydrogen (secondary N) is 1. The summed E-state index contributed by atoms with van der Waals surface area (Å²) in [6.07, 6.45) is 0. The lowest BCUT2D eigenvalue weighted by atomic mass is 9.98. The first kappa shape index (κ1) is 16.3. The highest BCUT2D eigenvalue weighted by atomic mass is 79.9. The number of hydrogen-bond acceptors (Lipinski definition) is 2. The standard InChI is InChI=1S/C17H19BrClNO/c1-3-20-17(12-9-10-15(19)14(18)11-12)13-7-5-6-8-16(13)21-4-2/h5-11,17,20H,3-4H2,1-2H3. The SMILES string of the molecule is CCNC(c1ccc(Cl)c(Br)c1)c1ccccc1OCC. The summed E-state index contributed by atoms with van der Waals surface area (Å²) >= 11 is 9.59. The summed E-state index contributed by atoms with van der Waals surface area (Å²) < 4.78 is 6.66. The molecule has 0 saturated carbocycles. The third-order valence-electron chi connectivity index (χ3n) is 3.22. The first-order valence-electron chi connectivity index (χ1n) is 7.07. The molecule has 21 heavy (non-hydrogen) atoms. The van der Waals surface area contributed by atoms with Crippen molar-refractivity contribution in [1.29, 1.82) is 0 Å². The number of halogens is 2. The van der Waals surface area contributed by atoms with Crippen molar-refractivity contribution < 1.29 is 4.74 Å².